The minimum absolute atomic E-state index is 0.214. The molecule has 1 aromatic heterocycles. The van der Waals surface area contributed by atoms with Gasteiger partial charge in [0, 0.05) is 25.7 Å². The highest BCUT2D eigenvalue weighted by molar-refractivity contribution is 5.73. The van der Waals surface area contributed by atoms with Crippen molar-refractivity contribution < 1.29 is 19.2 Å². The fourth-order valence-electron chi connectivity index (χ4n) is 3.32. The lowest BCUT2D eigenvalue weighted by atomic mass is 10.1. The Morgan fingerprint density at radius 1 is 0.968 bits per heavy atom. The molecule has 0 amide bonds. The van der Waals surface area contributed by atoms with E-state index in [2.05, 4.69) is 41.0 Å². The molecule has 8 nitrogen and oxygen atoms in total. The number of ether oxygens (including phenoxy) is 2. The SMILES string of the molecule is COc1cc(CN(C)Cc2ccc3nonc3c2)ccc1OC[C@H](O)CN(C)C(C)C. The van der Waals surface area contributed by atoms with Crippen molar-refractivity contribution in [1.29, 1.82) is 0 Å². The first kappa shape index (κ1) is 23.0. The molecule has 0 bridgehead atoms. The molecule has 1 heterocycles. The maximum atomic E-state index is 10.2. The second kappa shape index (κ2) is 10.6. The molecule has 168 valence electrons. The van der Waals surface area contributed by atoms with Crippen LogP contribution in [0.15, 0.2) is 41.0 Å². The van der Waals surface area contributed by atoms with E-state index in [9.17, 15) is 5.11 Å². The Kier molecular flexibility index (Phi) is 7.84. The molecule has 1 atom stereocenters. The van der Waals surface area contributed by atoms with E-state index in [0.717, 1.165) is 35.2 Å². The van der Waals surface area contributed by atoms with E-state index in [1.807, 2.05) is 43.4 Å². The maximum Gasteiger partial charge on any atom is 0.161 e. The molecule has 0 spiro atoms. The number of hydrogen-bond donors (Lipinski definition) is 1. The lowest BCUT2D eigenvalue weighted by Crippen LogP contribution is -2.36. The van der Waals surface area contributed by atoms with E-state index in [0.29, 0.717) is 24.1 Å². The van der Waals surface area contributed by atoms with Gasteiger partial charge in [-0.3, -0.25) is 4.90 Å². The van der Waals surface area contributed by atoms with E-state index >= 15 is 0 Å². The number of fused-ring (bicyclic) bond motifs is 1. The number of aliphatic hydroxyl groups is 1. The Balaban J connectivity index is 1.57. The Morgan fingerprint density at radius 2 is 1.65 bits per heavy atom. The van der Waals surface area contributed by atoms with E-state index < -0.39 is 6.10 Å². The fraction of sp³-hybridized carbons (Fsp3) is 0.478. The zero-order valence-corrected chi connectivity index (χ0v) is 18.9. The van der Waals surface area contributed by atoms with Gasteiger partial charge >= 0.3 is 0 Å². The van der Waals surface area contributed by atoms with Crippen molar-refractivity contribution in [1.82, 2.24) is 20.1 Å². The molecule has 8 heteroatoms. The summed E-state index contributed by atoms with van der Waals surface area (Å²) in [4.78, 5) is 4.29. The van der Waals surface area contributed by atoms with Crippen molar-refractivity contribution in [2.45, 2.75) is 39.1 Å². The Bertz CT molecular complexity index is 975. The number of likely N-dealkylation sites (N-methyl/N-ethyl adjacent to an activating group) is 1. The molecule has 0 saturated carbocycles. The van der Waals surface area contributed by atoms with Crippen LogP contribution in [0.5, 0.6) is 11.5 Å². The van der Waals surface area contributed by atoms with Crippen LogP contribution in [-0.4, -0.2) is 71.7 Å². The molecule has 0 aliphatic carbocycles. The first-order chi connectivity index (χ1) is 14.9. The summed E-state index contributed by atoms with van der Waals surface area (Å²) in [7, 11) is 5.67. The van der Waals surface area contributed by atoms with Gasteiger partial charge in [-0.05, 0) is 73.6 Å². The molecular weight excluding hydrogens is 396 g/mol. The maximum absolute atomic E-state index is 10.2. The van der Waals surface area contributed by atoms with Crippen LogP contribution >= 0.6 is 0 Å². The van der Waals surface area contributed by atoms with Gasteiger partial charge in [-0.15, -0.1) is 0 Å². The van der Waals surface area contributed by atoms with Crippen molar-refractivity contribution >= 4 is 11.0 Å². The van der Waals surface area contributed by atoms with Gasteiger partial charge in [-0.1, -0.05) is 12.1 Å². The summed E-state index contributed by atoms with van der Waals surface area (Å²) in [6.45, 7) is 6.46. The van der Waals surface area contributed by atoms with Crippen LogP contribution in [0.25, 0.3) is 11.0 Å². The number of nitrogens with zero attached hydrogens (tertiary/aromatic N) is 4. The van der Waals surface area contributed by atoms with Gasteiger partial charge in [0.1, 0.15) is 23.7 Å². The minimum atomic E-state index is -0.569. The van der Waals surface area contributed by atoms with Crippen LogP contribution in [0.2, 0.25) is 0 Å². The third-order valence-corrected chi connectivity index (χ3v) is 5.26. The number of rotatable bonds is 11. The Hall–Kier alpha value is -2.68. The smallest absolute Gasteiger partial charge is 0.161 e. The summed E-state index contributed by atoms with van der Waals surface area (Å²) >= 11 is 0. The third kappa shape index (κ3) is 6.40. The highest BCUT2D eigenvalue weighted by atomic mass is 16.6. The monoisotopic (exact) mass is 428 g/mol. The topological polar surface area (TPSA) is 84.1 Å². The molecule has 0 aliphatic heterocycles. The van der Waals surface area contributed by atoms with Gasteiger partial charge in [0.25, 0.3) is 0 Å². The van der Waals surface area contributed by atoms with Crippen LogP contribution in [-0.2, 0) is 13.1 Å². The second-order valence-electron chi connectivity index (χ2n) is 8.24. The fourth-order valence-corrected chi connectivity index (χ4v) is 3.32. The molecular formula is C23H32N4O4. The molecule has 0 aliphatic rings. The number of hydrogen-bond acceptors (Lipinski definition) is 8. The normalized spacial score (nSPS) is 12.8. The standard InChI is InChI=1S/C23H32N4O4/c1-16(2)27(4)14-19(28)15-30-22-9-7-18(11-23(22)29-5)13-26(3)12-17-6-8-20-21(10-17)25-31-24-20/h6-11,16,19,28H,12-15H2,1-5H3/t19-/m1/s1. The molecule has 0 fully saturated rings. The highest BCUT2D eigenvalue weighted by Gasteiger charge is 2.14. The van der Waals surface area contributed by atoms with Crippen molar-refractivity contribution in [3.8, 4) is 11.5 Å². The zero-order chi connectivity index (χ0) is 22.4. The minimum Gasteiger partial charge on any atom is -0.493 e. The van der Waals surface area contributed by atoms with Crippen LogP contribution in [0, 0.1) is 0 Å². The number of aliphatic hydroxyl groups excluding tert-OH is 1. The summed E-state index contributed by atoms with van der Waals surface area (Å²) in [5.41, 5.74) is 3.76. The van der Waals surface area contributed by atoms with Crippen molar-refractivity contribution in [3.05, 3.63) is 47.5 Å². The summed E-state index contributed by atoms with van der Waals surface area (Å²) in [5.74, 6) is 1.29. The summed E-state index contributed by atoms with van der Waals surface area (Å²) < 4.78 is 16.1. The molecule has 0 unspecified atom stereocenters. The molecule has 2 aromatic carbocycles. The average molecular weight is 429 g/mol. The predicted octanol–water partition coefficient (Wildman–Crippen LogP) is 2.94. The largest absolute Gasteiger partial charge is 0.493 e. The van der Waals surface area contributed by atoms with Crippen LogP contribution in [0.1, 0.15) is 25.0 Å². The Labute approximate surface area is 183 Å². The van der Waals surface area contributed by atoms with E-state index in [1.165, 1.54) is 0 Å². The zero-order valence-electron chi connectivity index (χ0n) is 18.9. The van der Waals surface area contributed by atoms with Gasteiger partial charge in [0.15, 0.2) is 11.5 Å². The summed E-state index contributed by atoms with van der Waals surface area (Å²) in [5, 5.41) is 18.0. The molecule has 0 radical (unpaired) electrons. The summed E-state index contributed by atoms with van der Waals surface area (Å²) in [6.07, 6.45) is -0.569. The average Bonchev–Trinajstić information content (AvgIpc) is 3.20. The molecule has 3 rings (SSSR count). The highest BCUT2D eigenvalue weighted by Crippen LogP contribution is 2.29. The van der Waals surface area contributed by atoms with Crippen LogP contribution < -0.4 is 9.47 Å². The van der Waals surface area contributed by atoms with Gasteiger partial charge in [-0.2, -0.15) is 0 Å². The first-order valence-corrected chi connectivity index (χ1v) is 10.4. The van der Waals surface area contributed by atoms with Gasteiger partial charge < -0.3 is 19.5 Å². The van der Waals surface area contributed by atoms with Crippen molar-refractivity contribution in [2.75, 3.05) is 34.4 Å². The van der Waals surface area contributed by atoms with Gasteiger partial charge in [0.05, 0.1) is 7.11 Å². The number of methoxy groups -OCH3 is 1. The number of aromatic nitrogens is 2. The summed E-state index contributed by atoms with van der Waals surface area (Å²) in [6, 6.07) is 12.2. The van der Waals surface area contributed by atoms with Gasteiger partial charge in [0.2, 0.25) is 0 Å². The molecule has 31 heavy (non-hydrogen) atoms. The van der Waals surface area contributed by atoms with Crippen molar-refractivity contribution in [3.63, 3.8) is 0 Å². The molecule has 1 N–H and O–H groups in total. The molecule has 0 saturated heterocycles. The molecule has 3 aromatic rings. The third-order valence-electron chi connectivity index (χ3n) is 5.26. The lowest BCUT2D eigenvalue weighted by Gasteiger charge is -2.24. The first-order valence-electron chi connectivity index (χ1n) is 10.4. The Morgan fingerprint density at radius 3 is 2.35 bits per heavy atom. The number of benzene rings is 2. The van der Waals surface area contributed by atoms with E-state index in [-0.39, 0.29) is 6.61 Å². The van der Waals surface area contributed by atoms with Crippen molar-refractivity contribution in [2.24, 2.45) is 0 Å². The predicted molar refractivity (Wildman–Crippen MR) is 119 cm³/mol. The lowest BCUT2D eigenvalue weighted by molar-refractivity contribution is 0.0668. The van der Waals surface area contributed by atoms with E-state index in [1.54, 1.807) is 7.11 Å². The van der Waals surface area contributed by atoms with Crippen LogP contribution in [0.4, 0.5) is 0 Å². The quantitative estimate of drug-likeness (QED) is 0.499. The second-order valence-corrected chi connectivity index (χ2v) is 8.24. The van der Waals surface area contributed by atoms with Crippen LogP contribution in [0.3, 0.4) is 0 Å². The van der Waals surface area contributed by atoms with E-state index in [4.69, 9.17) is 14.1 Å². The van der Waals surface area contributed by atoms with Gasteiger partial charge in [-0.25, -0.2) is 4.63 Å².